The van der Waals surface area contributed by atoms with Crippen molar-refractivity contribution in [3.63, 3.8) is 0 Å². The van der Waals surface area contributed by atoms with Gasteiger partial charge in [0, 0.05) is 39.8 Å². The number of esters is 1. The maximum atomic E-state index is 12.8. The number of hydrogen-bond acceptors (Lipinski definition) is 10. The van der Waals surface area contributed by atoms with E-state index < -0.39 is 0 Å². The first-order valence-electron chi connectivity index (χ1n) is 10.9. The van der Waals surface area contributed by atoms with Crippen molar-refractivity contribution < 1.29 is 28.5 Å². The van der Waals surface area contributed by atoms with Gasteiger partial charge in [-0.3, -0.25) is 19.4 Å². The van der Waals surface area contributed by atoms with Crippen molar-refractivity contribution in [1.29, 1.82) is 0 Å². The third kappa shape index (κ3) is 7.15. The number of pyridine rings is 1. The van der Waals surface area contributed by atoms with Gasteiger partial charge in [-0.1, -0.05) is 11.6 Å². The Kier molecular flexibility index (Phi) is 9.51. The lowest BCUT2D eigenvalue weighted by Gasteiger charge is -2.37. The molecule has 2 saturated heterocycles. The molecule has 0 aromatic carbocycles. The van der Waals surface area contributed by atoms with Gasteiger partial charge in [0.15, 0.2) is 0 Å². The Balaban J connectivity index is 1.47. The lowest BCUT2D eigenvalue weighted by molar-refractivity contribution is -0.146. The van der Waals surface area contributed by atoms with Gasteiger partial charge in [-0.25, -0.2) is 0 Å². The number of anilines is 1. The van der Waals surface area contributed by atoms with E-state index in [2.05, 4.69) is 15.2 Å². The molecule has 0 spiro atoms. The fourth-order valence-corrected chi connectivity index (χ4v) is 4.07. The van der Waals surface area contributed by atoms with Gasteiger partial charge in [0.2, 0.25) is 5.88 Å². The minimum Gasteiger partial charge on any atom is -0.480 e. The second-order valence-corrected chi connectivity index (χ2v) is 8.37. The van der Waals surface area contributed by atoms with Gasteiger partial charge in [-0.2, -0.15) is 4.98 Å². The first kappa shape index (κ1) is 25.4. The summed E-state index contributed by atoms with van der Waals surface area (Å²) in [6.07, 6.45) is 0.302. The smallest absolute Gasteiger partial charge is 0.320 e. The third-order valence-electron chi connectivity index (χ3n) is 5.80. The summed E-state index contributed by atoms with van der Waals surface area (Å²) in [5, 5.41) is 3.13. The number of morpholine rings is 1. The zero-order chi connectivity index (χ0) is 23.8. The molecule has 3 N–H and O–H groups in total. The lowest BCUT2D eigenvalue weighted by atomic mass is 10.0. The van der Waals surface area contributed by atoms with Crippen molar-refractivity contribution in [2.45, 2.75) is 18.6 Å². The highest BCUT2D eigenvalue weighted by molar-refractivity contribution is 6.33. The van der Waals surface area contributed by atoms with Crippen LogP contribution in [0.1, 0.15) is 16.8 Å². The molecule has 0 aliphatic carbocycles. The molecule has 1 aromatic rings. The molecule has 33 heavy (non-hydrogen) atoms. The van der Waals surface area contributed by atoms with E-state index in [4.69, 9.17) is 36.3 Å². The number of halogens is 1. The van der Waals surface area contributed by atoms with Gasteiger partial charge >= 0.3 is 5.97 Å². The molecule has 0 radical (unpaired) electrons. The molecule has 1 amide bonds. The van der Waals surface area contributed by atoms with Crippen molar-refractivity contribution in [1.82, 2.24) is 20.1 Å². The average Bonchev–Trinajstić information content (AvgIpc) is 2.82. The van der Waals surface area contributed by atoms with E-state index in [1.807, 2.05) is 4.90 Å². The van der Waals surface area contributed by atoms with Crippen LogP contribution in [0.15, 0.2) is 6.07 Å². The number of aromatic nitrogens is 1. The number of likely N-dealkylation sites (tertiary alicyclic amines) is 1. The summed E-state index contributed by atoms with van der Waals surface area (Å²) in [6, 6.07) is 1.18. The topological polar surface area (TPSA) is 128 Å². The minimum absolute atomic E-state index is 0.0879. The number of methoxy groups -OCH3 is 2. The summed E-state index contributed by atoms with van der Waals surface area (Å²) in [4.78, 5) is 33.3. The largest absolute Gasteiger partial charge is 0.480 e. The van der Waals surface area contributed by atoms with E-state index in [0.29, 0.717) is 45.9 Å². The number of nitrogens with zero attached hydrogens (tertiary/aromatic N) is 3. The van der Waals surface area contributed by atoms with E-state index in [1.54, 1.807) is 7.11 Å². The van der Waals surface area contributed by atoms with Crippen LogP contribution in [-0.2, 0) is 19.0 Å². The lowest BCUT2D eigenvalue weighted by Crippen LogP contribution is -2.55. The van der Waals surface area contributed by atoms with Gasteiger partial charge in [0.25, 0.3) is 5.91 Å². The number of nitrogens with one attached hydrogen (secondary N) is 1. The van der Waals surface area contributed by atoms with Crippen molar-refractivity contribution in [3.8, 4) is 5.88 Å². The van der Waals surface area contributed by atoms with Crippen LogP contribution in [0.2, 0.25) is 5.02 Å². The molecular formula is C21H32ClN5O6. The van der Waals surface area contributed by atoms with Crippen LogP contribution in [0.4, 0.5) is 5.82 Å². The standard InChI is InChI=1S/C21H32ClN5O6/c1-30-17-12-27(13-18(28)33-10-7-26-5-8-32-9-6-26)4-3-16(17)24-20(29)14-11-15(22)19(23)25-21(14)31-2/h11,16-17H,3-10,12-13H2,1-2H3,(H2,23,25)(H,24,29). The SMILES string of the molecule is COc1nc(N)c(Cl)cc1C(=O)NC1CCN(CC(=O)OCCN2CCOCC2)CC1OC. The molecule has 2 atom stereocenters. The summed E-state index contributed by atoms with van der Waals surface area (Å²) < 4.78 is 21.5. The van der Waals surface area contributed by atoms with Crippen LogP contribution in [0, 0.1) is 0 Å². The number of nitrogens with two attached hydrogens (primary N) is 1. The van der Waals surface area contributed by atoms with E-state index in [-0.39, 0.29) is 52.9 Å². The fraction of sp³-hybridized carbons (Fsp3) is 0.667. The molecule has 2 fully saturated rings. The van der Waals surface area contributed by atoms with Crippen LogP contribution in [-0.4, -0.2) is 112 Å². The Morgan fingerprint density at radius 3 is 2.73 bits per heavy atom. The molecular weight excluding hydrogens is 454 g/mol. The number of piperidine rings is 1. The highest BCUT2D eigenvalue weighted by atomic mass is 35.5. The van der Waals surface area contributed by atoms with E-state index >= 15 is 0 Å². The van der Waals surface area contributed by atoms with Crippen molar-refractivity contribution in [2.75, 3.05) is 79.0 Å². The molecule has 11 nitrogen and oxygen atoms in total. The van der Waals surface area contributed by atoms with E-state index in [0.717, 1.165) is 13.1 Å². The summed E-state index contributed by atoms with van der Waals surface area (Å²) in [6.45, 7) is 5.48. The van der Waals surface area contributed by atoms with Gasteiger partial charge in [0.05, 0.1) is 44.0 Å². The van der Waals surface area contributed by atoms with Crippen LogP contribution < -0.4 is 15.8 Å². The predicted octanol–water partition coefficient (Wildman–Crippen LogP) is 0.0203. The molecule has 184 valence electrons. The number of amides is 1. The molecule has 2 aliphatic rings. The van der Waals surface area contributed by atoms with Crippen molar-refractivity contribution in [3.05, 3.63) is 16.7 Å². The molecule has 1 aromatic heterocycles. The monoisotopic (exact) mass is 485 g/mol. The Morgan fingerprint density at radius 2 is 2.03 bits per heavy atom. The summed E-state index contributed by atoms with van der Waals surface area (Å²) in [5.74, 6) is -0.470. The summed E-state index contributed by atoms with van der Waals surface area (Å²) in [5.41, 5.74) is 5.88. The van der Waals surface area contributed by atoms with Crippen LogP contribution in [0.3, 0.4) is 0 Å². The molecule has 12 heteroatoms. The minimum atomic E-state index is -0.385. The van der Waals surface area contributed by atoms with Crippen LogP contribution in [0.25, 0.3) is 0 Å². The van der Waals surface area contributed by atoms with Gasteiger partial charge in [-0.15, -0.1) is 0 Å². The fourth-order valence-electron chi connectivity index (χ4n) is 3.92. The molecule has 2 unspecified atom stereocenters. The Bertz CT molecular complexity index is 823. The van der Waals surface area contributed by atoms with Gasteiger partial charge in [0.1, 0.15) is 18.0 Å². The van der Waals surface area contributed by atoms with E-state index in [9.17, 15) is 9.59 Å². The number of carbonyl (C=O) groups excluding carboxylic acids is 2. The Hall–Kier alpha value is -2.18. The molecule has 3 rings (SSSR count). The third-order valence-corrected chi connectivity index (χ3v) is 6.10. The van der Waals surface area contributed by atoms with Crippen LogP contribution >= 0.6 is 11.6 Å². The normalized spacial score (nSPS) is 22.0. The first-order valence-corrected chi connectivity index (χ1v) is 11.3. The van der Waals surface area contributed by atoms with E-state index in [1.165, 1.54) is 13.2 Å². The zero-order valence-corrected chi connectivity index (χ0v) is 19.8. The van der Waals surface area contributed by atoms with Gasteiger partial charge < -0.3 is 30.0 Å². The van der Waals surface area contributed by atoms with Crippen LogP contribution in [0.5, 0.6) is 5.88 Å². The number of nitrogen functional groups attached to an aromatic ring is 1. The van der Waals surface area contributed by atoms with Gasteiger partial charge in [-0.05, 0) is 12.5 Å². The maximum absolute atomic E-state index is 12.8. The first-order chi connectivity index (χ1) is 15.9. The summed E-state index contributed by atoms with van der Waals surface area (Å²) >= 11 is 6.03. The summed E-state index contributed by atoms with van der Waals surface area (Å²) in [7, 11) is 2.99. The Morgan fingerprint density at radius 1 is 1.27 bits per heavy atom. The number of ether oxygens (including phenoxy) is 4. The molecule has 0 saturated carbocycles. The second-order valence-electron chi connectivity index (χ2n) is 7.96. The highest BCUT2D eigenvalue weighted by Gasteiger charge is 2.32. The number of rotatable bonds is 9. The maximum Gasteiger partial charge on any atom is 0.320 e. The highest BCUT2D eigenvalue weighted by Crippen LogP contribution is 2.25. The number of hydrogen-bond donors (Lipinski definition) is 2. The van der Waals surface area contributed by atoms with Crippen molar-refractivity contribution in [2.24, 2.45) is 0 Å². The predicted molar refractivity (Wildman–Crippen MR) is 122 cm³/mol. The molecule has 3 heterocycles. The molecule has 0 bridgehead atoms. The number of carbonyl (C=O) groups is 2. The zero-order valence-electron chi connectivity index (χ0n) is 19.0. The average molecular weight is 486 g/mol. The molecule has 2 aliphatic heterocycles. The quantitative estimate of drug-likeness (QED) is 0.462. The second kappa shape index (κ2) is 12.3. The Labute approximate surface area is 198 Å². The van der Waals surface area contributed by atoms with Crippen molar-refractivity contribution >= 4 is 29.3 Å².